The number of unbranched alkanes of at least 4 members (excludes halogenated alkanes) is 5. The van der Waals surface area contributed by atoms with Gasteiger partial charge in [-0.05, 0) is 44.2 Å². The molecule has 0 atom stereocenters. The van der Waals surface area contributed by atoms with Crippen LogP contribution in [0.25, 0.3) is 5.57 Å². The summed E-state index contributed by atoms with van der Waals surface area (Å²) < 4.78 is 10.2. The summed E-state index contributed by atoms with van der Waals surface area (Å²) in [5.74, 6) is -1.95. The number of carbonyl (C=O) groups excluding carboxylic acids is 2. The van der Waals surface area contributed by atoms with E-state index in [9.17, 15) is 9.59 Å². The second-order valence-electron chi connectivity index (χ2n) is 6.56. The predicted molar refractivity (Wildman–Crippen MR) is 109 cm³/mol. The minimum atomic E-state index is -0.920. The van der Waals surface area contributed by atoms with Crippen molar-refractivity contribution in [1.82, 2.24) is 0 Å². The van der Waals surface area contributed by atoms with Gasteiger partial charge < -0.3 is 9.47 Å². The number of benzene rings is 1. The van der Waals surface area contributed by atoms with E-state index in [0.717, 1.165) is 24.0 Å². The molecule has 27 heavy (non-hydrogen) atoms. The van der Waals surface area contributed by atoms with Gasteiger partial charge in [0.2, 0.25) is 0 Å². The maximum Gasteiger partial charge on any atom is 0.320 e. The number of allylic oxidation sites excluding steroid dienone is 2. The standard InChI is InChI=1S/C23H34O4/c1-4-7-8-9-10-12-17-20(19-15-13-11-14-16-19)18-21(22(24)26-5-2)23(25)27-6-3/h11,13-17,21H,4-10,12,18H2,1-3H3/b20-17-. The van der Waals surface area contributed by atoms with Crippen LogP contribution in [-0.2, 0) is 19.1 Å². The van der Waals surface area contributed by atoms with Gasteiger partial charge in [0.05, 0.1) is 13.2 Å². The van der Waals surface area contributed by atoms with Crippen molar-refractivity contribution in [3.05, 3.63) is 42.0 Å². The zero-order valence-electron chi connectivity index (χ0n) is 17.0. The van der Waals surface area contributed by atoms with Crippen LogP contribution in [0.1, 0.15) is 71.3 Å². The molecule has 4 heteroatoms. The molecular weight excluding hydrogens is 340 g/mol. The van der Waals surface area contributed by atoms with Crippen molar-refractivity contribution in [2.75, 3.05) is 13.2 Å². The quantitative estimate of drug-likeness (QED) is 0.257. The first-order chi connectivity index (χ1) is 13.1. The number of esters is 2. The summed E-state index contributed by atoms with van der Waals surface area (Å²) in [5, 5.41) is 0. The highest BCUT2D eigenvalue weighted by Gasteiger charge is 2.30. The molecule has 150 valence electrons. The van der Waals surface area contributed by atoms with Gasteiger partial charge >= 0.3 is 11.9 Å². The molecule has 0 amide bonds. The van der Waals surface area contributed by atoms with Crippen molar-refractivity contribution in [1.29, 1.82) is 0 Å². The molecule has 0 radical (unpaired) electrons. The maximum atomic E-state index is 12.3. The average molecular weight is 375 g/mol. The first-order valence-electron chi connectivity index (χ1n) is 10.2. The zero-order chi connectivity index (χ0) is 19.9. The lowest BCUT2D eigenvalue weighted by Gasteiger charge is -2.17. The van der Waals surface area contributed by atoms with E-state index in [4.69, 9.17) is 9.47 Å². The van der Waals surface area contributed by atoms with Gasteiger partial charge in [-0.3, -0.25) is 9.59 Å². The molecule has 0 bridgehead atoms. The summed E-state index contributed by atoms with van der Waals surface area (Å²) in [6.45, 7) is 6.18. The predicted octanol–water partition coefficient (Wildman–Crippen LogP) is 5.56. The van der Waals surface area contributed by atoms with Crippen molar-refractivity contribution in [3.63, 3.8) is 0 Å². The Bertz CT molecular complexity index is 559. The topological polar surface area (TPSA) is 52.6 Å². The highest BCUT2D eigenvalue weighted by molar-refractivity contribution is 5.96. The molecule has 1 aromatic carbocycles. The highest BCUT2D eigenvalue weighted by Crippen LogP contribution is 2.26. The second kappa shape index (κ2) is 14.0. The minimum absolute atomic E-state index is 0.247. The van der Waals surface area contributed by atoms with Gasteiger partial charge in [-0.25, -0.2) is 0 Å². The van der Waals surface area contributed by atoms with Crippen molar-refractivity contribution >= 4 is 17.5 Å². The van der Waals surface area contributed by atoms with E-state index in [1.165, 1.54) is 25.7 Å². The van der Waals surface area contributed by atoms with Crippen LogP contribution in [0.15, 0.2) is 36.4 Å². The lowest BCUT2D eigenvalue weighted by molar-refractivity contribution is -0.161. The van der Waals surface area contributed by atoms with Crippen molar-refractivity contribution in [2.24, 2.45) is 5.92 Å². The van der Waals surface area contributed by atoms with Crippen molar-refractivity contribution in [3.8, 4) is 0 Å². The van der Waals surface area contributed by atoms with E-state index in [1.54, 1.807) is 13.8 Å². The van der Waals surface area contributed by atoms with Crippen molar-refractivity contribution in [2.45, 2.75) is 65.7 Å². The van der Waals surface area contributed by atoms with Crippen LogP contribution in [0.3, 0.4) is 0 Å². The van der Waals surface area contributed by atoms with Crippen LogP contribution in [0, 0.1) is 5.92 Å². The third-order valence-electron chi connectivity index (χ3n) is 4.41. The Hall–Kier alpha value is -2.10. The fraction of sp³-hybridized carbons (Fsp3) is 0.565. The van der Waals surface area contributed by atoms with Crippen molar-refractivity contribution < 1.29 is 19.1 Å². The Balaban J connectivity index is 2.91. The van der Waals surface area contributed by atoms with E-state index in [2.05, 4.69) is 13.0 Å². The van der Waals surface area contributed by atoms with E-state index in [1.807, 2.05) is 30.3 Å². The molecule has 0 N–H and O–H groups in total. The first kappa shape index (κ1) is 22.9. The summed E-state index contributed by atoms with van der Waals surface area (Å²) in [6, 6.07) is 9.91. The molecular formula is C23H34O4. The van der Waals surface area contributed by atoms with Gasteiger partial charge in [-0.2, -0.15) is 0 Å². The number of ether oxygens (including phenoxy) is 2. The number of carbonyl (C=O) groups is 2. The molecule has 0 aromatic heterocycles. The normalized spacial score (nSPS) is 11.5. The average Bonchev–Trinajstić information content (AvgIpc) is 2.67. The summed E-state index contributed by atoms with van der Waals surface area (Å²) >= 11 is 0. The SMILES string of the molecule is CCCCCCC/C=C(/CC(C(=O)OCC)C(=O)OCC)c1ccccc1. The Morgan fingerprint density at radius 2 is 1.48 bits per heavy atom. The smallest absolute Gasteiger partial charge is 0.320 e. The third kappa shape index (κ3) is 8.89. The molecule has 4 nitrogen and oxygen atoms in total. The van der Waals surface area contributed by atoms with E-state index in [-0.39, 0.29) is 13.2 Å². The minimum Gasteiger partial charge on any atom is -0.465 e. The molecule has 0 heterocycles. The second-order valence-corrected chi connectivity index (χ2v) is 6.56. The Labute approximate surface area is 163 Å². The monoisotopic (exact) mass is 374 g/mol. The number of hydrogen-bond acceptors (Lipinski definition) is 4. The van der Waals surface area contributed by atoms with Crippen LogP contribution in [-0.4, -0.2) is 25.2 Å². The highest BCUT2D eigenvalue weighted by atomic mass is 16.6. The summed E-state index contributed by atoms with van der Waals surface area (Å²) in [4.78, 5) is 24.6. The number of hydrogen-bond donors (Lipinski definition) is 0. The van der Waals surface area contributed by atoms with Crippen LogP contribution in [0.5, 0.6) is 0 Å². The molecule has 0 saturated heterocycles. The number of rotatable bonds is 13. The Morgan fingerprint density at radius 3 is 2.04 bits per heavy atom. The van der Waals surface area contributed by atoms with Crippen LogP contribution < -0.4 is 0 Å². The van der Waals surface area contributed by atoms with Gasteiger partial charge in [0.1, 0.15) is 0 Å². The molecule has 0 aliphatic carbocycles. The van der Waals surface area contributed by atoms with Gasteiger partial charge in [-0.15, -0.1) is 0 Å². The molecule has 0 fully saturated rings. The molecule has 1 aromatic rings. The van der Waals surface area contributed by atoms with E-state index in [0.29, 0.717) is 6.42 Å². The van der Waals surface area contributed by atoms with Crippen LogP contribution >= 0.6 is 0 Å². The summed E-state index contributed by atoms with van der Waals surface area (Å²) in [7, 11) is 0. The lowest BCUT2D eigenvalue weighted by Crippen LogP contribution is -2.28. The molecule has 0 spiro atoms. The lowest BCUT2D eigenvalue weighted by atomic mass is 9.92. The third-order valence-corrected chi connectivity index (χ3v) is 4.41. The van der Waals surface area contributed by atoms with Crippen LogP contribution in [0.4, 0.5) is 0 Å². The van der Waals surface area contributed by atoms with E-state index < -0.39 is 17.9 Å². The Kier molecular flexibility index (Phi) is 11.9. The summed E-state index contributed by atoms with van der Waals surface area (Å²) in [5.41, 5.74) is 2.03. The molecule has 1 rings (SSSR count). The van der Waals surface area contributed by atoms with Gasteiger partial charge in [-0.1, -0.05) is 69.0 Å². The summed E-state index contributed by atoms with van der Waals surface area (Å²) in [6.07, 6.45) is 9.45. The maximum absolute atomic E-state index is 12.3. The molecule has 0 aliphatic heterocycles. The molecule has 0 aliphatic rings. The van der Waals surface area contributed by atoms with E-state index >= 15 is 0 Å². The Morgan fingerprint density at radius 1 is 0.889 bits per heavy atom. The zero-order valence-corrected chi connectivity index (χ0v) is 17.0. The van der Waals surface area contributed by atoms with Crippen LogP contribution in [0.2, 0.25) is 0 Å². The van der Waals surface area contributed by atoms with Gasteiger partial charge in [0.15, 0.2) is 5.92 Å². The fourth-order valence-corrected chi connectivity index (χ4v) is 2.96. The first-order valence-corrected chi connectivity index (χ1v) is 10.2. The van der Waals surface area contributed by atoms with Gasteiger partial charge in [0, 0.05) is 0 Å². The largest absolute Gasteiger partial charge is 0.465 e. The fourth-order valence-electron chi connectivity index (χ4n) is 2.96. The molecule has 0 unspecified atom stereocenters. The molecule has 0 saturated carbocycles. The van der Waals surface area contributed by atoms with Gasteiger partial charge in [0.25, 0.3) is 0 Å².